The van der Waals surface area contributed by atoms with Crippen LogP contribution in [0.15, 0.2) is 0 Å². The van der Waals surface area contributed by atoms with Crippen LogP contribution in [0.4, 0.5) is 0 Å². The number of fused-ring (bicyclic) bond motifs is 1. The summed E-state index contributed by atoms with van der Waals surface area (Å²) in [6, 6.07) is 0. The Labute approximate surface area is 84.7 Å². The second kappa shape index (κ2) is 3.37. The molecular weight excluding hydrogens is 154 g/mol. The molecule has 2 saturated carbocycles. The van der Waals surface area contributed by atoms with E-state index in [1.807, 2.05) is 0 Å². The molecule has 0 N–H and O–H groups in total. The molecule has 2 heteroatoms. The van der Waals surface area contributed by atoms with Gasteiger partial charge in [-0.25, -0.2) is 0 Å². The standard InChI is InChI=1S/C11H22B2/c1-11(12,13)10-6-5-8-3-2-4-9(8)7-10/h8-10H,2-7,12-13H2,1H3. The highest BCUT2D eigenvalue weighted by atomic mass is 14.4. The van der Waals surface area contributed by atoms with Crippen LogP contribution in [-0.4, -0.2) is 15.7 Å². The lowest BCUT2D eigenvalue weighted by atomic mass is 9.46. The Morgan fingerprint density at radius 2 is 1.69 bits per heavy atom. The van der Waals surface area contributed by atoms with E-state index in [9.17, 15) is 0 Å². The van der Waals surface area contributed by atoms with Gasteiger partial charge in [-0.2, -0.15) is 0 Å². The molecule has 0 nitrogen and oxygen atoms in total. The lowest BCUT2D eigenvalue weighted by Crippen LogP contribution is -2.29. The minimum atomic E-state index is 0.563. The molecule has 0 heterocycles. The molecular formula is C11H22B2. The van der Waals surface area contributed by atoms with Crippen LogP contribution in [0.2, 0.25) is 5.21 Å². The summed E-state index contributed by atoms with van der Waals surface area (Å²) in [6.07, 6.45) is 9.18. The highest BCUT2D eigenvalue weighted by molar-refractivity contribution is 6.39. The van der Waals surface area contributed by atoms with Crippen molar-refractivity contribution in [3.63, 3.8) is 0 Å². The molecule has 0 amide bonds. The van der Waals surface area contributed by atoms with E-state index in [1.165, 1.54) is 32.1 Å². The van der Waals surface area contributed by atoms with Crippen molar-refractivity contribution in [3.8, 4) is 0 Å². The molecule has 0 aromatic rings. The third kappa shape index (κ3) is 1.97. The summed E-state index contributed by atoms with van der Waals surface area (Å²) in [7, 11) is 4.85. The highest BCUT2D eigenvalue weighted by Gasteiger charge is 2.37. The predicted molar refractivity (Wildman–Crippen MR) is 63.6 cm³/mol. The summed E-state index contributed by atoms with van der Waals surface area (Å²) in [5.41, 5.74) is 0. The van der Waals surface area contributed by atoms with Gasteiger partial charge in [-0.05, 0) is 30.6 Å². The van der Waals surface area contributed by atoms with Crippen LogP contribution in [0.25, 0.3) is 0 Å². The smallest absolute Gasteiger partial charge is 0.0845 e. The van der Waals surface area contributed by atoms with Gasteiger partial charge >= 0.3 is 0 Å². The minimum Gasteiger partial charge on any atom is -0.0845 e. The molecule has 0 spiro atoms. The van der Waals surface area contributed by atoms with Crippen LogP contribution in [0.3, 0.4) is 0 Å². The fourth-order valence-corrected chi connectivity index (χ4v) is 3.49. The number of hydrogen-bond acceptors (Lipinski definition) is 0. The van der Waals surface area contributed by atoms with Crippen molar-refractivity contribution in [1.29, 1.82) is 0 Å². The largest absolute Gasteiger partial charge is 0.0992 e. The van der Waals surface area contributed by atoms with Crippen molar-refractivity contribution in [1.82, 2.24) is 0 Å². The molecule has 3 atom stereocenters. The monoisotopic (exact) mass is 176 g/mol. The Kier molecular flexibility index (Phi) is 2.50. The third-order valence-electron chi connectivity index (χ3n) is 4.51. The van der Waals surface area contributed by atoms with Crippen LogP contribution >= 0.6 is 0 Å². The van der Waals surface area contributed by atoms with Gasteiger partial charge in [0, 0.05) is 0 Å². The zero-order valence-electron chi connectivity index (χ0n) is 9.47. The van der Waals surface area contributed by atoms with Gasteiger partial charge in [0.05, 0.1) is 15.7 Å². The van der Waals surface area contributed by atoms with E-state index < -0.39 is 0 Å². The van der Waals surface area contributed by atoms with E-state index in [-0.39, 0.29) is 0 Å². The molecule has 13 heavy (non-hydrogen) atoms. The Morgan fingerprint density at radius 3 is 2.38 bits per heavy atom. The Balaban J connectivity index is 1.97. The fourth-order valence-electron chi connectivity index (χ4n) is 3.49. The summed E-state index contributed by atoms with van der Waals surface area (Å²) >= 11 is 0. The molecule has 0 radical (unpaired) electrons. The summed E-state index contributed by atoms with van der Waals surface area (Å²) in [4.78, 5) is 0. The third-order valence-corrected chi connectivity index (χ3v) is 4.51. The molecule has 72 valence electrons. The van der Waals surface area contributed by atoms with E-state index in [0.29, 0.717) is 5.21 Å². The average molecular weight is 176 g/mol. The average Bonchev–Trinajstić information content (AvgIpc) is 2.47. The molecule has 0 aliphatic heterocycles. The van der Waals surface area contributed by atoms with Crippen molar-refractivity contribution in [3.05, 3.63) is 0 Å². The van der Waals surface area contributed by atoms with E-state index >= 15 is 0 Å². The van der Waals surface area contributed by atoms with E-state index in [1.54, 1.807) is 6.42 Å². The highest BCUT2D eigenvalue weighted by Crippen LogP contribution is 2.49. The van der Waals surface area contributed by atoms with Crippen LogP contribution < -0.4 is 0 Å². The molecule has 3 unspecified atom stereocenters. The molecule has 0 saturated heterocycles. The van der Waals surface area contributed by atoms with Crippen molar-refractivity contribution in [2.45, 2.75) is 50.7 Å². The van der Waals surface area contributed by atoms with Gasteiger partial charge < -0.3 is 0 Å². The fraction of sp³-hybridized carbons (Fsp3) is 1.00. The van der Waals surface area contributed by atoms with Gasteiger partial charge in [0.25, 0.3) is 0 Å². The predicted octanol–water partition coefficient (Wildman–Crippen LogP) is 1.61. The minimum absolute atomic E-state index is 0.563. The second-order valence-corrected chi connectivity index (χ2v) is 6.33. The maximum atomic E-state index is 2.42. The van der Waals surface area contributed by atoms with E-state index in [0.717, 1.165) is 17.8 Å². The van der Waals surface area contributed by atoms with Crippen LogP contribution in [0.1, 0.15) is 45.4 Å². The van der Waals surface area contributed by atoms with Crippen molar-refractivity contribution in [2.75, 3.05) is 0 Å². The van der Waals surface area contributed by atoms with Gasteiger partial charge in [0.1, 0.15) is 0 Å². The first-order valence-electron chi connectivity index (χ1n) is 6.07. The molecule has 2 fully saturated rings. The Hall–Kier alpha value is 0.130. The Morgan fingerprint density at radius 1 is 1.00 bits per heavy atom. The summed E-state index contributed by atoms with van der Waals surface area (Å²) in [5.74, 6) is 3.24. The van der Waals surface area contributed by atoms with Crippen molar-refractivity contribution >= 4 is 15.7 Å². The normalized spacial score (nSPS) is 40.2. The van der Waals surface area contributed by atoms with Gasteiger partial charge in [0.15, 0.2) is 0 Å². The van der Waals surface area contributed by atoms with Gasteiger partial charge in [0.2, 0.25) is 0 Å². The van der Waals surface area contributed by atoms with Crippen LogP contribution in [0.5, 0.6) is 0 Å². The van der Waals surface area contributed by atoms with Crippen LogP contribution in [0, 0.1) is 17.8 Å². The molecule has 2 aliphatic carbocycles. The quantitative estimate of drug-likeness (QED) is 0.532. The summed E-state index contributed by atoms with van der Waals surface area (Å²) in [5, 5.41) is 0.563. The summed E-state index contributed by atoms with van der Waals surface area (Å²) in [6.45, 7) is 2.42. The number of hydrogen-bond donors (Lipinski definition) is 0. The lowest BCUT2D eigenvalue weighted by molar-refractivity contribution is 0.196. The van der Waals surface area contributed by atoms with Crippen molar-refractivity contribution < 1.29 is 0 Å². The lowest BCUT2D eigenvalue weighted by Gasteiger charge is -2.39. The number of rotatable bonds is 1. The zero-order chi connectivity index (χ0) is 9.47. The molecule has 0 aromatic heterocycles. The van der Waals surface area contributed by atoms with Gasteiger partial charge in [-0.3, -0.25) is 0 Å². The topological polar surface area (TPSA) is 0 Å². The van der Waals surface area contributed by atoms with E-state index in [4.69, 9.17) is 0 Å². The molecule has 2 aliphatic rings. The first-order valence-corrected chi connectivity index (χ1v) is 6.07. The zero-order valence-corrected chi connectivity index (χ0v) is 9.47. The SMILES string of the molecule is BC(B)(C)C1CCC2CCCC2C1. The molecule has 0 aromatic carbocycles. The second-order valence-electron chi connectivity index (χ2n) is 6.33. The van der Waals surface area contributed by atoms with E-state index in [2.05, 4.69) is 22.6 Å². The first kappa shape index (κ1) is 9.68. The van der Waals surface area contributed by atoms with Gasteiger partial charge in [-0.1, -0.05) is 37.8 Å². The first-order chi connectivity index (χ1) is 6.07. The Bertz CT molecular complexity index is 183. The molecule has 2 rings (SSSR count). The van der Waals surface area contributed by atoms with Crippen molar-refractivity contribution in [2.24, 2.45) is 17.8 Å². The van der Waals surface area contributed by atoms with Crippen LogP contribution in [-0.2, 0) is 0 Å². The maximum Gasteiger partial charge on any atom is 0.0992 e. The molecule has 0 bridgehead atoms. The summed E-state index contributed by atoms with van der Waals surface area (Å²) < 4.78 is 0. The maximum absolute atomic E-state index is 2.42. The van der Waals surface area contributed by atoms with Gasteiger partial charge in [-0.15, -0.1) is 0 Å².